The van der Waals surface area contributed by atoms with Gasteiger partial charge in [0.1, 0.15) is 0 Å². The Hall–Kier alpha value is -13.2. The Morgan fingerprint density at radius 1 is 0.182 bits per heavy atom. The van der Waals surface area contributed by atoms with E-state index in [1.54, 1.807) is 0 Å². The number of nitrogens with zero attached hydrogens (tertiary/aromatic N) is 6. The molecule has 16 aromatic carbocycles. The number of benzene rings is 16. The zero-order chi connectivity index (χ0) is 73.0. The van der Waals surface area contributed by atoms with Crippen LogP contribution in [0.25, 0.3) is 112 Å². The smallest absolute Gasteiger partial charge is 0.0976 e. The fraction of sp³-hybridized carbons (Fsp3) is 0.0196. The van der Waals surface area contributed by atoms with Crippen LogP contribution < -0.4 is 9.80 Å². The Bertz CT molecular complexity index is 6210. The predicted octanol–water partition coefficient (Wildman–Crippen LogP) is 27.1. The van der Waals surface area contributed by atoms with Gasteiger partial charge in [-0.3, -0.25) is 0 Å². The van der Waals surface area contributed by atoms with Crippen LogP contribution in [0.3, 0.4) is 0 Å². The summed E-state index contributed by atoms with van der Waals surface area (Å²) in [6.07, 6.45) is 0. The van der Waals surface area contributed by atoms with E-state index < -0.39 is 10.8 Å². The highest BCUT2D eigenvalue weighted by Crippen LogP contribution is 2.64. The molecule has 8 heteroatoms. The molecule has 0 fully saturated rings. The summed E-state index contributed by atoms with van der Waals surface area (Å²) in [5.41, 5.74) is 36.2. The van der Waals surface area contributed by atoms with Crippen LogP contribution in [-0.4, -0.2) is 19.9 Å². The molecule has 2 spiro atoms. The lowest BCUT2D eigenvalue weighted by molar-refractivity contribution is 0.773. The van der Waals surface area contributed by atoms with E-state index in [0.717, 1.165) is 132 Å². The van der Waals surface area contributed by atoms with Gasteiger partial charge in [0.25, 0.3) is 0 Å². The van der Waals surface area contributed by atoms with Gasteiger partial charge in [-0.2, -0.15) is 0 Å². The van der Waals surface area contributed by atoms with E-state index in [4.69, 9.17) is 19.9 Å². The summed E-state index contributed by atoms with van der Waals surface area (Å²) in [6.45, 7) is 0. The molecular weight excluding hydrogens is 1470 g/mol. The van der Waals surface area contributed by atoms with Crippen LogP contribution in [0.2, 0.25) is 0 Å². The van der Waals surface area contributed by atoms with Crippen molar-refractivity contribution in [2.24, 2.45) is 0 Å². The molecule has 0 saturated heterocycles. The average Bonchev–Trinajstić information content (AvgIpc) is 1.52. The van der Waals surface area contributed by atoms with E-state index in [2.05, 4.69) is 406 Å². The molecule has 110 heavy (non-hydrogen) atoms. The first-order valence-corrected chi connectivity index (χ1v) is 38.8. The topological polar surface area (TPSA) is 58.0 Å². The van der Waals surface area contributed by atoms with Crippen LogP contribution in [-0.2, 0) is 10.8 Å². The van der Waals surface area contributed by atoms with Crippen molar-refractivity contribution in [3.8, 4) is 89.5 Å². The molecule has 0 saturated carbocycles. The van der Waals surface area contributed by atoms with Gasteiger partial charge in [0.2, 0.25) is 0 Å². The van der Waals surface area contributed by atoms with E-state index >= 15 is 0 Å². The Balaban J connectivity index is 0.000000173. The minimum atomic E-state index is -0.743. The summed E-state index contributed by atoms with van der Waals surface area (Å²) >= 11 is 7.63. The molecule has 2 aromatic heterocycles. The van der Waals surface area contributed by atoms with Crippen molar-refractivity contribution in [3.05, 3.63) is 442 Å². The van der Waals surface area contributed by atoms with Gasteiger partial charge in [0.05, 0.1) is 55.7 Å². The maximum Gasteiger partial charge on any atom is 0.0976 e. The Morgan fingerprint density at radius 2 is 0.409 bits per heavy atom. The summed E-state index contributed by atoms with van der Waals surface area (Å²) in [6, 6.07) is 140. The quantitative estimate of drug-likeness (QED) is 0.151. The zero-order valence-electron chi connectivity index (χ0n) is 59.4. The van der Waals surface area contributed by atoms with Gasteiger partial charge in [-0.25, -0.2) is 19.9 Å². The number of rotatable bonds is 8. The summed E-state index contributed by atoms with van der Waals surface area (Å²) in [7, 11) is 0. The minimum absolute atomic E-state index is 0.528. The van der Waals surface area contributed by atoms with Gasteiger partial charge in [0.15, 0.2) is 0 Å². The lowest BCUT2D eigenvalue weighted by Crippen LogP contribution is -2.29. The van der Waals surface area contributed by atoms with Crippen molar-refractivity contribution in [1.82, 2.24) is 19.9 Å². The summed E-state index contributed by atoms with van der Waals surface area (Å²) < 4.78 is 2.09. The first-order chi connectivity index (χ1) is 54.4. The lowest BCUT2D eigenvalue weighted by atomic mass is 9.65. The first kappa shape index (κ1) is 65.1. The van der Waals surface area contributed by atoms with Crippen LogP contribution in [0, 0.1) is 0 Å². The first-order valence-electron chi connectivity index (χ1n) is 37.2. The van der Waals surface area contributed by atoms with E-state index in [0.29, 0.717) is 0 Å². The number of aromatic nitrogens is 4. The zero-order valence-corrected chi connectivity index (χ0v) is 62.6. The fourth-order valence-corrected chi connectivity index (χ4v) is 18.8. The van der Waals surface area contributed by atoms with Gasteiger partial charge in [-0.1, -0.05) is 287 Å². The number of para-hydroxylation sites is 8. The SMILES string of the molecule is Brc1ccc2c(c1)C1(c3ccccc3-c3ccccc31)c1cc(Br)ccc1-c1nc3ccccc3nc1-2.c1ccc(N(c2ccccc2)c2ccc(-c3ccc4c(c3)C3(c5ccccc5-c5ccccc53)c3cc(-c5ccc(N(c6ccccc6)c6ccccc6)cc5)ccc3-c3nc5ccccc5nc3-4)cc2)cc1. The maximum atomic E-state index is 5.56. The van der Waals surface area contributed by atoms with Crippen molar-refractivity contribution < 1.29 is 0 Å². The number of anilines is 6. The van der Waals surface area contributed by atoms with Gasteiger partial charge < -0.3 is 9.80 Å². The summed E-state index contributed by atoms with van der Waals surface area (Å²) in [4.78, 5) is 26.2. The molecule has 0 aliphatic heterocycles. The third-order valence-electron chi connectivity index (χ3n) is 22.7. The monoisotopic (exact) mass is 1530 g/mol. The molecule has 0 N–H and O–H groups in total. The molecule has 516 valence electrons. The molecule has 0 unspecified atom stereocenters. The molecule has 0 atom stereocenters. The van der Waals surface area contributed by atoms with Crippen LogP contribution in [0.1, 0.15) is 44.5 Å². The van der Waals surface area contributed by atoms with Crippen molar-refractivity contribution in [2.45, 2.75) is 10.8 Å². The normalized spacial score (nSPS) is 13.0. The fourth-order valence-electron chi connectivity index (χ4n) is 18.0. The molecule has 4 aliphatic carbocycles. The lowest BCUT2D eigenvalue weighted by Gasteiger charge is -2.36. The van der Waals surface area contributed by atoms with Gasteiger partial charge in [-0.15, -0.1) is 0 Å². The molecule has 2 heterocycles. The molecule has 0 bridgehead atoms. The Kier molecular flexibility index (Phi) is 15.6. The molecule has 4 aliphatic rings. The third kappa shape index (κ3) is 10.3. The van der Waals surface area contributed by atoms with Crippen LogP contribution >= 0.6 is 31.9 Å². The number of hydrogen-bond donors (Lipinski definition) is 0. The highest BCUT2D eigenvalue weighted by Gasteiger charge is 2.52. The molecule has 6 nitrogen and oxygen atoms in total. The maximum absolute atomic E-state index is 5.56. The molecular formula is C102H64Br2N6. The van der Waals surface area contributed by atoms with E-state index in [9.17, 15) is 0 Å². The largest absolute Gasteiger partial charge is 0.311 e. The molecule has 22 rings (SSSR count). The minimum Gasteiger partial charge on any atom is -0.311 e. The highest BCUT2D eigenvalue weighted by atomic mass is 79.9. The van der Waals surface area contributed by atoms with Crippen molar-refractivity contribution in [2.75, 3.05) is 9.80 Å². The van der Waals surface area contributed by atoms with Crippen LogP contribution in [0.4, 0.5) is 34.1 Å². The van der Waals surface area contributed by atoms with E-state index in [-0.39, 0.29) is 0 Å². The van der Waals surface area contributed by atoms with Gasteiger partial charge >= 0.3 is 0 Å². The number of hydrogen-bond acceptors (Lipinski definition) is 6. The average molecular weight is 1530 g/mol. The number of fused-ring (bicyclic) bond motifs is 26. The van der Waals surface area contributed by atoms with Crippen molar-refractivity contribution in [1.29, 1.82) is 0 Å². The Morgan fingerprint density at radius 3 is 0.700 bits per heavy atom. The summed E-state index contributed by atoms with van der Waals surface area (Å²) in [5.74, 6) is 0. The van der Waals surface area contributed by atoms with E-state index in [1.165, 1.54) is 66.8 Å². The highest BCUT2D eigenvalue weighted by molar-refractivity contribution is 9.10. The van der Waals surface area contributed by atoms with Crippen LogP contribution in [0.15, 0.2) is 397 Å². The predicted molar refractivity (Wildman–Crippen MR) is 458 cm³/mol. The second kappa shape index (κ2) is 26.3. The Labute approximate surface area is 654 Å². The van der Waals surface area contributed by atoms with Crippen molar-refractivity contribution in [3.63, 3.8) is 0 Å². The third-order valence-corrected chi connectivity index (χ3v) is 23.6. The van der Waals surface area contributed by atoms with Crippen LogP contribution in [0.5, 0.6) is 0 Å². The summed E-state index contributed by atoms with van der Waals surface area (Å²) in [5, 5.41) is 0. The van der Waals surface area contributed by atoms with Gasteiger partial charge in [0, 0.05) is 65.3 Å². The second-order valence-electron chi connectivity index (χ2n) is 28.5. The molecule has 18 aromatic rings. The molecule has 0 radical (unpaired) electrons. The van der Waals surface area contributed by atoms with Gasteiger partial charge in [-0.05, 0) is 222 Å². The second-order valence-corrected chi connectivity index (χ2v) is 30.3. The van der Waals surface area contributed by atoms with Crippen molar-refractivity contribution >= 4 is 88.1 Å². The van der Waals surface area contributed by atoms with E-state index in [1.807, 2.05) is 24.3 Å². The standard InChI is InChI=1S/C69H46N4.C33H18Br2N2/c1-5-19-51(20-6-1)72(52-21-7-2-8-22-52)55-39-33-47(34-40-55)49-37-43-59-63(45-49)69(61-29-15-13-27-57(61)58-28-14-16-30-62(58)69)64-46-50(38-44-60(64)68-67(59)70-65-31-17-18-32-66(65)71-68)48-35-41-56(42-36-48)73(53-23-9-3-10-24-53)54-25-11-4-12-26-54;34-19-13-15-23-27(17-19)33(25-9-3-1-7-21(25)22-8-2-4-10-26(22)33)28-18-20(35)14-16-24(28)32-31(23)36-29-11-5-6-12-30(29)37-32/h1-46H;1-18H. The number of halogens is 2. The molecule has 0 amide bonds.